The zero-order valence-electron chi connectivity index (χ0n) is 26.8. The van der Waals surface area contributed by atoms with Gasteiger partial charge >= 0.3 is 29.6 Å². The first-order valence-electron chi connectivity index (χ1n) is 12.6. The van der Waals surface area contributed by atoms with Crippen molar-refractivity contribution in [2.24, 2.45) is 22.0 Å². The van der Waals surface area contributed by atoms with Crippen LogP contribution in [0.5, 0.6) is 0 Å². The van der Waals surface area contributed by atoms with Gasteiger partial charge in [-0.1, -0.05) is 42.5 Å². The first-order chi connectivity index (χ1) is 18.5. The number of hydrazone groups is 1. The fraction of sp³-hybridized carbons (Fsp3) is 0.367. The van der Waals surface area contributed by atoms with E-state index in [2.05, 4.69) is 46.9 Å². The average Bonchev–Trinajstić information content (AvgIpc) is 3.23. The molecule has 9 nitrogen and oxygen atoms in total. The SMILES string of the molecule is C/C=C\C(=C/C)NN.C/C=C\C(=C/C)NN=C(C)C.C/C=C\C(N)=C/C.C/C=C\c1[nH]c(C)cc1C.O=N[O-].[Na+]. The van der Waals surface area contributed by atoms with E-state index in [4.69, 9.17) is 21.7 Å². The second-order valence-electron chi connectivity index (χ2n) is 7.72. The average molecular weight is 566 g/mol. The summed E-state index contributed by atoms with van der Waals surface area (Å²) in [4.78, 5) is 11.3. The molecule has 0 aromatic carbocycles. The van der Waals surface area contributed by atoms with Crippen molar-refractivity contribution in [2.45, 2.75) is 76.2 Å². The van der Waals surface area contributed by atoms with E-state index in [-0.39, 0.29) is 29.6 Å². The zero-order valence-corrected chi connectivity index (χ0v) is 28.8. The number of aryl methyl sites for hydroxylation is 2. The Kier molecular flexibility index (Phi) is 41.9. The van der Waals surface area contributed by atoms with E-state index in [0.29, 0.717) is 0 Å². The van der Waals surface area contributed by atoms with Crippen LogP contribution < -0.4 is 52.0 Å². The summed E-state index contributed by atoms with van der Waals surface area (Å²) >= 11 is 0. The first-order valence-corrected chi connectivity index (χ1v) is 12.6. The van der Waals surface area contributed by atoms with Crippen LogP contribution in [-0.2, 0) is 0 Å². The molecule has 1 aromatic heterocycles. The Morgan fingerprint density at radius 2 is 1.35 bits per heavy atom. The number of nitrogens with one attached hydrogen (secondary N) is 3. The molecular formula is C30H52N7NaO2. The van der Waals surface area contributed by atoms with Crippen molar-refractivity contribution in [3.8, 4) is 0 Å². The molecule has 0 spiro atoms. The number of H-pyrrole nitrogens is 1. The van der Waals surface area contributed by atoms with Gasteiger partial charge in [0.1, 0.15) is 0 Å². The van der Waals surface area contributed by atoms with E-state index < -0.39 is 0 Å². The maximum atomic E-state index is 8.00. The molecule has 0 amide bonds. The van der Waals surface area contributed by atoms with Gasteiger partial charge in [0, 0.05) is 28.5 Å². The maximum absolute atomic E-state index is 8.00. The molecule has 0 radical (unpaired) electrons. The van der Waals surface area contributed by atoms with E-state index >= 15 is 0 Å². The Labute approximate surface area is 265 Å². The number of aromatic amines is 1. The Bertz CT molecular complexity index is 977. The molecule has 0 unspecified atom stereocenters. The summed E-state index contributed by atoms with van der Waals surface area (Å²) in [7, 11) is 0. The van der Waals surface area contributed by atoms with Crippen molar-refractivity contribution in [2.75, 3.05) is 0 Å². The van der Waals surface area contributed by atoms with E-state index in [1.54, 1.807) is 0 Å². The number of allylic oxidation sites excluding steroid dienone is 10. The number of hydrogen-bond donors (Lipinski definition) is 5. The molecule has 7 N–H and O–H groups in total. The van der Waals surface area contributed by atoms with E-state index in [1.807, 2.05) is 123 Å². The summed E-state index contributed by atoms with van der Waals surface area (Å²) in [6.07, 6.45) is 21.4. The van der Waals surface area contributed by atoms with Crippen molar-refractivity contribution in [3.63, 3.8) is 0 Å². The van der Waals surface area contributed by atoms with Gasteiger partial charge in [-0.25, -0.2) is 0 Å². The first kappa shape index (κ1) is 46.7. The fourth-order valence-electron chi connectivity index (χ4n) is 2.34. The van der Waals surface area contributed by atoms with Crippen LogP contribution in [0.4, 0.5) is 0 Å². The third-order valence-electron chi connectivity index (χ3n) is 4.11. The number of rotatable bonds is 7. The number of aromatic nitrogens is 1. The van der Waals surface area contributed by atoms with Crippen molar-refractivity contribution in [1.29, 1.82) is 0 Å². The third kappa shape index (κ3) is 34.9. The van der Waals surface area contributed by atoms with Gasteiger partial charge in [-0.05, 0) is 112 Å². The molecule has 0 aliphatic heterocycles. The van der Waals surface area contributed by atoms with Crippen LogP contribution in [-0.4, -0.2) is 10.7 Å². The van der Waals surface area contributed by atoms with Crippen LogP contribution in [0.2, 0.25) is 0 Å². The Hall–Kier alpha value is -3.11. The van der Waals surface area contributed by atoms with Gasteiger partial charge in [0.2, 0.25) is 0 Å². The van der Waals surface area contributed by atoms with Crippen molar-refractivity contribution in [3.05, 3.63) is 111 Å². The predicted molar refractivity (Wildman–Crippen MR) is 173 cm³/mol. The van der Waals surface area contributed by atoms with Gasteiger partial charge in [0.15, 0.2) is 0 Å². The molecule has 0 atom stereocenters. The van der Waals surface area contributed by atoms with E-state index in [1.165, 1.54) is 17.0 Å². The van der Waals surface area contributed by atoms with Crippen molar-refractivity contribution in [1.82, 2.24) is 15.8 Å². The number of hydrazine groups is 1. The van der Waals surface area contributed by atoms with Gasteiger partial charge < -0.3 is 26.3 Å². The second kappa shape index (κ2) is 35.9. The maximum Gasteiger partial charge on any atom is 1.00 e. The minimum Gasteiger partial charge on any atom is -0.444 e. The summed E-state index contributed by atoms with van der Waals surface area (Å²) in [6.45, 7) is 21.8. The Morgan fingerprint density at radius 1 is 0.875 bits per heavy atom. The minimum atomic E-state index is 0. The standard InChI is InChI=1S/C9H16N2.C9H13N.C6H12N2.C6H11N.HNO2.Na/c1-5-7-9(6-2)11-10-8(3)4;1-4-5-9-7(2)6-8(3)10-9;1-3-5-6(4-2)8-7;1-3-5-6(7)4-2;2-1-3;/h5-7,11H,1-4H3;4-6,10H,1-3H3;3-5,8H,7H2,1-2H3;3-5H,7H2,1-2H3;(H,2,3);/q;;;;;+1/p-1/b7-5-,9-6+;5-4-;2*5-3-,6-4+;;. The summed E-state index contributed by atoms with van der Waals surface area (Å²) in [5, 5.41) is 13.1. The molecule has 0 saturated carbocycles. The van der Waals surface area contributed by atoms with Gasteiger partial charge in [0.25, 0.3) is 0 Å². The van der Waals surface area contributed by atoms with Crippen LogP contribution >= 0.6 is 0 Å². The molecule has 1 rings (SSSR count). The predicted octanol–water partition coefficient (Wildman–Crippen LogP) is 4.73. The van der Waals surface area contributed by atoms with Gasteiger partial charge in [0.05, 0.1) is 5.70 Å². The van der Waals surface area contributed by atoms with Crippen LogP contribution in [0.25, 0.3) is 6.08 Å². The van der Waals surface area contributed by atoms with Gasteiger partial charge in [-0.3, -0.25) is 11.3 Å². The minimum absolute atomic E-state index is 0. The number of hydrogen-bond acceptors (Lipinski definition) is 8. The molecule has 220 valence electrons. The summed E-state index contributed by atoms with van der Waals surface area (Å²) in [5.74, 6) is 5.10. The van der Waals surface area contributed by atoms with Gasteiger partial charge in [-0.2, -0.15) is 5.10 Å². The molecular weight excluding hydrogens is 513 g/mol. The molecule has 0 saturated heterocycles. The second-order valence-corrected chi connectivity index (χ2v) is 7.72. The summed E-state index contributed by atoms with van der Waals surface area (Å²) < 4.78 is 0. The Balaban J connectivity index is -0.000000132. The number of nitrogens with zero attached hydrogens (tertiary/aromatic N) is 2. The molecule has 40 heavy (non-hydrogen) atoms. The van der Waals surface area contributed by atoms with Crippen LogP contribution in [0, 0.1) is 24.0 Å². The molecule has 0 aliphatic rings. The smallest absolute Gasteiger partial charge is 0.444 e. The summed E-state index contributed by atoms with van der Waals surface area (Å²) in [6, 6.07) is 2.15. The monoisotopic (exact) mass is 565 g/mol. The molecule has 0 aliphatic carbocycles. The molecule has 10 heteroatoms. The molecule has 0 fully saturated rings. The van der Waals surface area contributed by atoms with Gasteiger partial charge in [-0.15, -0.1) is 5.34 Å². The fourth-order valence-corrected chi connectivity index (χ4v) is 2.34. The normalized spacial score (nSPS) is 11.2. The largest absolute Gasteiger partial charge is 1.00 e. The van der Waals surface area contributed by atoms with Crippen molar-refractivity contribution >= 4 is 11.8 Å². The Morgan fingerprint density at radius 3 is 1.60 bits per heavy atom. The van der Waals surface area contributed by atoms with Crippen LogP contribution in [0.1, 0.15) is 79.3 Å². The zero-order chi connectivity index (χ0) is 31.1. The quantitative estimate of drug-likeness (QED) is 0.0804. The summed E-state index contributed by atoms with van der Waals surface area (Å²) in [5.41, 5.74) is 18.4. The topological polar surface area (TPSA) is 157 Å². The van der Waals surface area contributed by atoms with Crippen LogP contribution in [0.3, 0.4) is 0 Å². The molecule has 1 aromatic rings. The van der Waals surface area contributed by atoms with Crippen molar-refractivity contribution < 1.29 is 29.6 Å². The molecule has 1 heterocycles. The number of nitrogens with two attached hydrogens (primary N) is 2. The van der Waals surface area contributed by atoms with E-state index in [9.17, 15) is 0 Å². The third-order valence-corrected chi connectivity index (χ3v) is 4.11. The molecule has 0 bridgehead atoms. The van der Waals surface area contributed by atoms with E-state index in [0.717, 1.165) is 28.1 Å². The van der Waals surface area contributed by atoms with Crippen LogP contribution in [0.15, 0.2) is 94.4 Å².